The van der Waals surface area contributed by atoms with Crippen molar-refractivity contribution in [3.05, 3.63) is 29.3 Å². The molecule has 0 radical (unpaired) electrons. The second kappa shape index (κ2) is 3.86. The molecule has 0 saturated heterocycles. The van der Waals surface area contributed by atoms with Gasteiger partial charge in [0.1, 0.15) is 23.6 Å². The number of alkyl halides is 3. The summed E-state index contributed by atoms with van der Waals surface area (Å²) in [5.41, 5.74) is -1.97. The fourth-order valence-electron chi connectivity index (χ4n) is 1.94. The van der Waals surface area contributed by atoms with Crippen molar-refractivity contribution in [3.8, 4) is 5.75 Å². The smallest absolute Gasteiger partial charge is 0.416 e. The van der Waals surface area contributed by atoms with Gasteiger partial charge in [0.2, 0.25) is 0 Å². The lowest BCUT2D eigenvalue weighted by atomic mass is 9.88. The third-order valence-electron chi connectivity index (χ3n) is 3.04. The van der Waals surface area contributed by atoms with Crippen molar-refractivity contribution in [2.45, 2.75) is 37.8 Å². The quantitative estimate of drug-likeness (QED) is 0.754. The molecular weight excluding hydrogens is 249 g/mol. The van der Waals surface area contributed by atoms with E-state index < -0.39 is 29.5 Å². The summed E-state index contributed by atoms with van der Waals surface area (Å²) in [7, 11) is 0. The summed E-state index contributed by atoms with van der Waals surface area (Å²) in [4.78, 5) is 0. The van der Waals surface area contributed by atoms with Crippen LogP contribution in [0.3, 0.4) is 0 Å². The highest BCUT2D eigenvalue weighted by Crippen LogP contribution is 2.42. The third-order valence-corrected chi connectivity index (χ3v) is 3.04. The maximum Gasteiger partial charge on any atom is 0.416 e. The zero-order chi connectivity index (χ0) is 13.7. The average molecular weight is 262 g/mol. The van der Waals surface area contributed by atoms with Crippen LogP contribution in [0, 0.1) is 0 Å². The van der Waals surface area contributed by atoms with Crippen molar-refractivity contribution in [2.75, 3.05) is 0 Å². The second-order valence-electron chi connectivity index (χ2n) is 4.85. The largest absolute Gasteiger partial charge is 0.485 e. The SMILES string of the molecule is CC1(C)Oc2ccc(C(F)(F)F)cc2[C@H](O)[C@@H]1O. The van der Waals surface area contributed by atoms with E-state index in [0.717, 1.165) is 18.2 Å². The molecule has 0 saturated carbocycles. The number of halogens is 3. The van der Waals surface area contributed by atoms with Crippen molar-refractivity contribution >= 4 is 0 Å². The van der Waals surface area contributed by atoms with E-state index in [1.54, 1.807) is 13.8 Å². The Morgan fingerprint density at radius 1 is 1.22 bits per heavy atom. The summed E-state index contributed by atoms with van der Waals surface area (Å²) in [5.74, 6) is 0.158. The van der Waals surface area contributed by atoms with Gasteiger partial charge in [0, 0.05) is 5.56 Å². The molecule has 18 heavy (non-hydrogen) atoms. The Morgan fingerprint density at radius 2 is 1.83 bits per heavy atom. The van der Waals surface area contributed by atoms with E-state index >= 15 is 0 Å². The number of fused-ring (bicyclic) bond motifs is 1. The predicted octanol–water partition coefficient (Wildman–Crippen LogP) is 2.27. The lowest BCUT2D eigenvalue weighted by Crippen LogP contribution is -2.48. The Kier molecular flexibility index (Phi) is 2.82. The van der Waals surface area contributed by atoms with E-state index in [0.29, 0.717) is 0 Å². The van der Waals surface area contributed by atoms with Gasteiger partial charge >= 0.3 is 6.18 Å². The van der Waals surface area contributed by atoms with E-state index in [-0.39, 0.29) is 11.3 Å². The first-order valence-corrected chi connectivity index (χ1v) is 5.39. The van der Waals surface area contributed by atoms with Crippen LogP contribution >= 0.6 is 0 Å². The number of aliphatic hydroxyl groups is 2. The van der Waals surface area contributed by atoms with Gasteiger partial charge in [0.25, 0.3) is 0 Å². The first kappa shape index (κ1) is 13.2. The van der Waals surface area contributed by atoms with Crippen LogP contribution in [0.4, 0.5) is 13.2 Å². The van der Waals surface area contributed by atoms with E-state index in [2.05, 4.69) is 0 Å². The van der Waals surface area contributed by atoms with Gasteiger partial charge in [0.15, 0.2) is 0 Å². The molecule has 0 aliphatic carbocycles. The second-order valence-corrected chi connectivity index (χ2v) is 4.85. The Bertz CT molecular complexity index is 468. The van der Waals surface area contributed by atoms with Crippen LogP contribution in [-0.2, 0) is 6.18 Å². The molecule has 1 heterocycles. The monoisotopic (exact) mass is 262 g/mol. The van der Waals surface area contributed by atoms with E-state index in [4.69, 9.17) is 4.74 Å². The lowest BCUT2D eigenvalue weighted by Gasteiger charge is -2.40. The maximum atomic E-state index is 12.5. The van der Waals surface area contributed by atoms with Crippen molar-refractivity contribution in [3.63, 3.8) is 0 Å². The van der Waals surface area contributed by atoms with Crippen molar-refractivity contribution < 1.29 is 28.1 Å². The predicted molar refractivity (Wildman–Crippen MR) is 57.1 cm³/mol. The topological polar surface area (TPSA) is 49.7 Å². The van der Waals surface area contributed by atoms with Crippen molar-refractivity contribution in [1.29, 1.82) is 0 Å². The van der Waals surface area contributed by atoms with Gasteiger partial charge in [-0.05, 0) is 32.0 Å². The molecule has 6 heteroatoms. The molecule has 0 bridgehead atoms. The molecule has 1 aliphatic rings. The maximum absolute atomic E-state index is 12.5. The van der Waals surface area contributed by atoms with Gasteiger partial charge in [-0.3, -0.25) is 0 Å². The standard InChI is InChI=1S/C12H13F3O3/c1-11(2)10(17)9(16)7-5-6(12(13,14)15)3-4-8(7)18-11/h3-5,9-10,16-17H,1-2H3/t9-,10-/m0/s1. The van der Waals surface area contributed by atoms with Gasteiger partial charge in [-0.25, -0.2) is 0 Å². The normalized spacial score (nSPS) is 26.4. The fourth-order valence-corrected chi connectivity index (χ4v) is 1.94. The van der Waals surface area contributed by atoms with Crippen LogP contribution in [0.25, 0.3) is 0 Å². The summed E-state index contributed by atoms with van der Waals surface area (Å²) in [6.07, 6.45) is -7.17. The molecule has 0 aromatic heterocycles. The zero-order valence-corrected chi connectivity index (χ0v) is 9.82. The molecule has 2 atom stereocenters. The Balaban J connectivity index is 2.49. The first-order chi connectivity index (χ1) is 8.13. The van der Waals surface area contributed by atoms with Gasteiger partial charge in [0.05, 0.1) is 5.56 Å². The minimum absolute atomic E-state index is 0.0448. The highest BCUT2D eigenvalue weighted by Gasteiger charge is 2.43. The molecule has 2 N–H and O–H groups in total. The summed E-state index contributed by atoms with van der Waals surface area (Å²) < 4.78 is 43.0. The number of aliphatic hydroxyl groups excluding tert-OH is 2. The van der Waals surface area contributed by atoms with E-state index in [9.17, 15) is 23.4 Å². The zero-order valence-electron chi connectivity index (χ0n) is 9.82. The molecule has 2 rings (SSSR count). The summed E-state index contributed by atoms with van der Waals surface area (Å²) in [6, 6.07) is 2.85. The number of hydrogen-bond donors (Lipinski definition) is 2. The minimum atomic E-state index is -4.49. The molecule has 0 amide bonds. The van der Waals surface area contributed by atoms with Crippen molar-refractivity contribution in [1.82, 2.24) is 0 Å². The van der Waals surface area contributed by atoms with E-state index in [1.165, 1.54) is 0 Å². The number of ether oxygens (including phenoxy) is 1. The van der Waals surface area contributed by atoms with Gasteiger partial charge < -0.3 is 14.9 Å². The number of hydrogen-bond acceptors (Lipinski definition) is 3. The first-order valence-electron chi connectivity index (χ1n) is 5.39. The Hall–Kier alpha value is -1.27. The molecular formula is C12H13F3O3. The van der Waals surface area contributed by atoms with E-state index in [1.807, 2.05) is 0 Å². The molecule has 1 aromatic rings. The molecule has 0 spiro atoms. The van der Waals surface area contributed by atoms with Crippen molar-refractivity contribution in [2.24, 2.45) is 0 Å². The molecule has 100 valence electrons. The summed E-state index contributed by atoms with van der Waals surface area (Å²) >= 11 is 0. The lowest BCUT2D eigenvalue weighted by molar-refractivity contribution is -0.138. The highest BCUT2D eigenvalue weighted by atomic mass is 19.4. The molecule has 0 fully saturated rings. The molecule has 1 aromatic carbocycles. The number of benzene rings is 1. The van der Waals surface area contributed by atoms with Crippen LogP contribution < -0.4 is 4.74 Å². The van der Waals surface area contributed by atoms with Gasteiger partial charge in [-0.15, -0.1) is 0 Å². The average Bonchev–Trinajstić information content (AvgIpc) is 2.24. The minimum Gasteiger partial charge on any atom is -0.485 e. The van der Waals surface area contributed by atoms with Gasteiger partial charge in [-0.2, -0.15) is 13.2 Å². The Morgan fingerprint density at radius 3 is 2.39 bits per heavy atom. The van der Waals surface area contributed by atoms with Gasteiger partial charge in [-0.1, -0.05) is 0 Å². The summed E-state index contributed by atoms with van der Waals surface area (Å²) in [6.45, 7) is 3.11. The van der Waals surface area contributed by atoms with Crippen LogP contribution in [-0.4, -0.2) is 21.9 Å². The molecule has 3 nitrogen and oxygen atoms in total. The summed E-state index contributed by atoms with van der Waals surface area (Å²) in [5, 5.41) is 19.6. The van der Waals surface area contributed by atoms with Crippen LogP contribution in [0.1, 0.15) is 31.1 Å². The molecule has 0 unspecified atom stereocenters. The molecule has 1 aliphatic heterocycles. The Labute approximate surface area is 102 Å². The van der Waals surface area contributed by atoms with Crippen LogP contribution in [0.5, 0.6) is 5.75 Å². The highest BCUT2D eigenvalue weighted by molar-refractivity contribution is 5.42. The van der Waals surface area contributed by atoms with Crippen LogP contribution in [0.2, 0.25) is 0 Å². The fraction of sp³-hybridized carbons (Fsp3) is 0.500. The number of rotatable bonds is 0. The van der Waals surface area contributed by atoms with Crippen LogP contribution in [0.15, 0.2) is 18.2 Å². The third kappa shape index (κ3) is 2.06.